The lowest BCUT2D eigenvalue weighted by molar-refractivity contribution is 0.595. The standard InChI is InChI=1S/C15H20N6/c1-3-16-8-12-9-20(15-13(12)6-5-7-17-15)10-14-18-11-19-21(14)4-2/h5-7,9,11,16H,3-4,8,10H2,1-2H3. The predicted octanol–water partition coefficient (Wildman–Crippen LogP) is 1.81. The maximum absolute atomic E-state index is 4.52. The van der Waals surface area contributed by atoms with Crippen LogP contribution in [0.3, 0.4) is 0 Å². The Bertz CT molecular complexity index is 727. The molecule has 3 heterocycles. The smallest absolute Gasteiger partial charge is 0.146 e. The number of fused-ring (bicyclic) bond motifs is 1. The predicted molar refractivity (Wildman–Crippen MR) is 81.9 cm³/mol. The van der Waals surface area contributed by atoms with Gasteiger partial charge in [0.15, 0.2) is 0 Å². The molecule has 0 aromatic carbocycles. The van der Waals surface area contributed by atoms with Crippen LogP contribution in [-0.4, -0.2) is 30.9 Å². The number of nitrogens with zero attached hydrogens (tertiary/aromatic N) is 5. The quantitative estimate of drug-likeness (QED) is 0.750. The minimum atomic E-state index is 0.688. The molecule has 0 spiro atoms. The van der Waals surface area contributed by atoms with Gasteiger partial charge in [0.05, 0.1) is 6.54 Å². The summed E-state index contributed by atoms with van der Waals surface area (Å²) in [5.41, 5.74) is 2.26. The number of rotatable bonds is 6. The minimum absolute atomic E-state index is 0.688. The third-order valence-corrected chi connectivity index (χ3v) is 3.59. The van der Waals surface area contributed by atoms with E-state index < -0.39 is 0 Å². The molecule has 6 nitrogen and oxygen atoms in total. The molecule has 110 valence electrons. The average molecular weight is 284 g/mol. The van der Waals surface area contributed by atoms with E-state index >= 15 is 0 Å². The second-order valence-corrected chi connectivity index (χ2v) is 4.93. The maximum atomic E-state index is 4.52. The number of aromatic nitrogens is 5. The molecule has 1 N–H and O–H groups in total. The van der Waals surface area contributed by atoms with Gasteiger partial charge in [-0.15, -0.1) is 0 Å². The van der Waals surface area contributed by atoms with E-state index in [4.69, 9.17) is 0 Å². The van der Waals surface area contributed by atoms with Gasteiger partial charge in [-0.1, -0.05) is 6.92 Å². The molecule has 0 aliphatic heterocycles. The van der Waals surface area contributed by atoms with Crippen LogP contribution in [0.2, 0.25) is 0 Å². The van der Waals surface area contributed by atoms with Gasteiger partial charge in [0.25, 0.3) is 0 Å². The van der Waals surface area contributed by atoms with Crippen molar-refractivity contribution in [3.63, 3.8) is 0 Å². The number of hydrogen-bond donors (Lipinski definition) is 1. The second kappa shape index (κ2) is 6.05. The van der Waals surface area contributed by atoms with E-state index in [1.54, 1.807) is 6.33 Å². The monoisotopic (exact) mass is 284 g/mol. The van der Waals surface area contributed by atoms with Crippen LogP contribution in [0.1, 0.15) is 25.2 Å². The molecule has 0 saturated carbocycles. The van der Waals surface area contributed by atoms with E-state index in [1.807, 2.05) is 16.9 Å². The SMILES string of the molecule is CCNCc1cn(Cc2ncnn2CC)c2ncccc12. The Labute approximate surface area is 123 Å². The summed E-state index contributed by atoms with van der Waals surface area (Å²) < 4.78 is 4.07. The first-order valence-electron chi connectivity index (χ1n) is 7.33. The zero-order chi connectivity index (χ0) is 14.7. The van der Waals surface area contributed by atoms with Crippen LogP contribution in [0.4, 0.5) is 0 Å². The van der Waals surface area contributed by atoms with E-state index in [0.29, 0.717) is 6.54 Å². The number of hydrogen-bond acceptors (Lipinski definition) is 4. The molecular weight excluding hydrogens is 264 g/mol. The van der Waals surface area contributed by atoms with E-state index in [0.717, 1.165) is 31.1 Å². The topological polar surface area (TPSA) is 60.6 Å². The lowest BCUT2D eigenvalue weighted by Crippen LogP contribution is -2.11. The van der Waals surface area contributed by atoms with E-state index in [9.17, 15) is 0 Å². The summed E-state index contributed by atoms with van der Waals surface area (Å²) in [5.74, 6) is 0.954. The molecule has 21 heavy (non-hydrogen) atoms. The van der Waals surface area contributed by atoms with Gasteiger partial charge in [0, 0.05) is 30.9 Å². The zero-order valence-corrected chi connectivity index (χ0v) is 12.5. The summed E-state index contributed by atoms with van der Waals surface area (Å²) >= 11 is 0. The summed E-state index contributed by atoms with van der Waals surface area (Å²) in [6.07, 6.45) is 5.60. The van der Waals surface area contributed by atoms with Crippen molar-refractivity contribution in [3.8, 4) is 0 Å². The first-order chi connectivity index (χ1) is 10.3. The Balaban J connectivity index is 1.98. The second-order valence-electron chi connectivity index (χ2n) is 4.93. The molecule has 0 aliphatic carbocycles. The highest BCUT2D eigenvalue weighted by atomic mass is 15.3. The Morgan fingerprint density at radius 1 is 1.24 bits per heavy atom. The Hall–Kier alpha value is -2.21. The number of pyridine rings is 1. The van der Waals surface area contributed by atoms with Crippen LogP contribution in [0, 0.1) is 0 Å². The summed E-state index contributed by atoms with van der Waals surface area (Å²) in [5, 5.41) is 8.80. The third kappa shape index (κ3) is 2.67. The first-order valence-corrected chi connectivity index (χ1v) is 7.33. The molecule has 0 aliphatic rings. The van der Waals surface area contributed by atoms with Gasteiger partial charge in [-0.25, -0.2) is 14.6 Å². The summed E-state index contributed by atoms with van der Waals surface area (Å²) in [6.45, 7) is 7.50. The van der Waals surface area contributed by atoms with Gasteiger partial charge >= 0.3 is 0 Å². The van der Waals surface area contributed by atoms with Gasteiger partial charge in [0.1, 0.15) is 17.8 Å². The van der Waals surface area contributed by atoms with Crippen molar-refractivity contribution in [2.45, 2.75) is 33.5 Å². The maximum Gasteiger partial charge on any atom is 0.146 e. The van der Waals surface area contributed by atoms with Crippen molar-refractivity contribution in [2.24, 2.45) is 0 Å². The Morgan fingerprint density at radius 2 is 2.14 bits per heavy atom. The van der Waals surface area contributed by atoms with Crippen molar-refractivity contribution in [1.29, 1.82) is 0 Å². The fourth-order valence-corrected chi connectivity index (χ4v) is 2.54. The largest absolute Gasteiger partial charge is 0.325 e. The molecule has 3 aromatic heterocycles. The summed E-state index contributed by atoms with van der Waals surface area (Å²) in [7, 11) is 0. The van der Waals surface area contributed by atoms with Gasteiger partial charge in [-0.05, 0) is 31.2 Å². The molecule has 3 rings (SSSR count). The lowest BCUT2D eigenvalue weighted by atomic mass is 10.2. The van der Waals surface area contributed by atoms with Crippen molar-refractivity contribution < 1.29 is 0 Å². The highest BCUT2D eigenvalue weighted by Gasteiger charge is 2.11. The van der Waals surface area contributed by atoms with Gasteiger partial charge in [0.2, 0.25) is 0 Å². The zero-order valence-electron chi connectivity index (χ0n) is 12.5. The molecule has 0 unspecified atom stereocenters. The van der Waals surface area contributed by atoms with E-state index in [2.05, 4.69) is 51.1 Å². The Morgan fingerprint density at radius 3 is 2.95 bits per heavy atom. The molecule has 0 fully saturated rings. The average Bonchev–Trinajstić information content (AvgIpc) is 3.11. The molecular formula is C15H20N6. The molecule has 3 aromatic rings. The molecule has 0 saturated heterocycles. The number of nitrogens with one attached hydrogen (secondary N) is 1. The lowest BCUT2D eigenvalue weighted by Gasteiger charge is -2.05. The fraction of sp³-hybridized carbons (Fsp3) is 0.400. The van der Waals surface area contributed by atoms with Crippen molar-refractivity contribution in [1.82, 2.24) is 29.6 Å². The normalized spacial score (nSPS) is 11.3. The van der Waals surface area contributed by atoms with Crippen molar-refractivity contribution in [3.05, 3.63) is 42.2 Å². The van der Waals surface area contributed by atoms with Crippen LogP contribution < -0.4 is 5.32 Å². The van der Waals surface area contributed by atoms with Crippen LogP contribution >= 0.6 is 0 Å². The van der Waals surface area contributed by atoms with Gasteiger partial charge in [-0.2, -0.15) is 5.10 Å². The summed E-state index contributed by atoms with van der Waals surface area (Å²) in [6, 6.07) is 4.10. The minimum Gasteiger partial charge on any atom is -0.325 e. The molecule has 0 atom stereocenters. The molecule has 0 bridgehead atoms. The summed E-state index contributed by atoms with van der Waals surface area (Å²) in [4.78, 5) is 8.87. The Kier molecular flexibility index (Phi) is 3.96. The van der Waals surface area contributed by atoms with Gasteiger partial charge < -0.3 is 9.88 Å². The van der Waals surface area contributed by atoms with Gasteiger partial charge in [-0.3, -0.25) is 0 Å². The van der Waals surface area contributed by atoms with E-state index in [1.165, 1.54) is 10.9 Å². The van der Waals surface area contributed by atoms with Crippen LogP contribution in [0.15, 0.2) is 30.9 Å². The molecule has 6 heteroatoms. The highest BCUT2D eigenvalue weighted by molar-refractivity contribution is 5.80. The highest BCUT2D eigenvalue weighted by Crippen LogP contribution is 2.20. The van der Waals surface area contributed by atoms with Crippen LogP contribution in [-0.2, 0) is 19.6 Å². The fourth-order valence-electron chi connectivity index (χ4n) is 2.54. The van der Waals surface area contributed by atoms with Crippen LogP contribution in [0.5, 0.6) is 0 Å². The van der Waals surface area contributed by atoms with Crippen molar-refractivity contribution >= 4 is 11.0 Å². The first kappa shape index (κ1) is 13.8. The van der Waals surface area contributed by atoms with Crippen molar-refractivity contribution in [2.75, 3.05) is 6.54 Å². The van der Waals surface area contributed by atoms with E-state index in [-0.39, 0.29) is 0 Å². The number of aryl methyl sites for hydroxylation is 1. The van der Waals surface area contributed by atoms with Crippen LogP contribution in [0.25, 0.3) is 11.0 Å². The molecule has 0 radical (unpaired) electrons. The molecule has 0 amide bonds. The third-order valence-electron chi connectivity index (χ3n) is 3.59.